The Labute approximate surface area is 142 Å². The first-order valence-corrected chi connectivity index (χ1v) is 8.85. The Hall–Kier alpha value is -1.35. The van der Waals surface area contributed by atoms with Crippen LogP contribution in [0, 0.1) is 0 Å². The predicted octanol–water partition coefficient (Wildman–Crippen LogP) is 1.52. The lowest BCUT2D eigenvalue weighted by molar-refractivity contribution is -0.160. The van der Waals surface area contributed by atoms with Crippen molar-refractivity contribution in [2.24, 2.45) is 0 Å². The van der Waals surface area contributed by atoms with Crippen molar-refractivity contribution in [3.05, 3.63) is 28.2 Å². The van der Waals surface area contributed by atoms with E-state index in [1.807, 2.05) is 0 Å². The first-order chi connectivity index (χ1) is 10.8. The third kappa shape index (κ3) is 4.57. The van der Waals surface area contributed by atoms with E-state index in [9.17, 15) is 18.0 Å². The molecular weight excluding hydrogens is 369 g/mol. The lowest BCUT2D eigenvalue weighted by atomic mass is 10.3. The fourth-order valence-corrected chi connectivity index (χ4v) is 4.07. The van der Waals surface area contributed by atoms with Gasteiger partial charge in [0.05, 0.1) is 23.1 Å². The third-order valence-electron chi connectivity index (χ3n) is 2.97. The summed E-state index contributed by atoms with van der Waals surface area (Å²) in [6, 6.07) is 4.30. The van der Waals surface area contributed by atoms with Crippen molar-refractivity contribution in [2.45, 2.75) is 23.8 Å². The Morgan fingerprint density at radius 3 is 2.57 bits per heavy atom. The molecule has 0 bridgehead atoms. The van der Waals surface area contributed by atoms with Crippen molar-refractivity contribution < 1.29 is 27.5 Å². The maximum atomic E-state index is 12.1. The van der Waals surface area contributed by atoms with Gasteiger partial charge in [-0.1, -0.05) is 29.3 Å². The zero-order valence-corrected chi connectivity index (χ0v) is 14.1. The molecule has 1 aliphatic rings. The van der Waals surface area contributed by atoms with E-state index >= 15 is 0 Å². The molecule has 0 aromatic heterocycles. The topological polar surface area (TPSA) is 98.8 Å². The second kappa shape index (κ2) is 7.48. The van der Waals surface area contributed by atoms with Gasteiger partial charge in [-0.15, -0.1) is 0 Å². The summed E-state index contributed by atoms with van der Waals surface area (Å²) in [7, 11) is -3.97. The fraction of sp³-hybridized carbons (Fsp3) is 0.385. The van der Waals surface area contributed by atoms with Gasteiger partial charge in [0.1, 0.15) is 4.90 Å². The number of nitrogens with one attached hydrogen (secondary N) is 1. The van der Waals surface area contributed by atoms with Crippen molar-refractivity contribution in [1.29, 1.82) is 0 Å². The van der Waals surface area contributed by atoms with E-state index in [1.54, 1.807) is 0 Å². The van der Waals surface area contributed by atoms with Gasteiger partial charge in [-0.2, -0.15) is 0 Å². The highest BCUT2D eigenvalue weighted by molar-refractivity contribution is 7.89. The van der Waals surface area contributed by atoms with Crippen LogP contribution in [0.4, 0.5) is 0 Å². The van der Waals surface area contributed by atoms with E-state index < -0.39 is 28.1 Å². The van der Waals surface area contributed by atoms with E-state index in [-0.39, 0.29) is 34.5 Å². The molecule has 23 heavy (non-hydrogen) atoms. The first-order valence-electron chi connectivity index (χ1n) is 6.61. The Balaban J connectivity index is 1.90. The minimum absolute atomic E-state index is 0.0266. The van der Waals surface area contributed by atoms with Gasteiger partial charge in [0.25, 0.3) is 0 Å². The van der Waals surface area contributed by atoms with Crippen LogP contribution < -0.4 is 4.72 Å². The van der Waals surface area contributed by atoms with Crippen LogP contribution in [-0.2, 0) is 29.1 Å². The van der Waals surface area contributed by atoms with E-state index in [2.05, 4.69) is 9.46 Å². The summed E-state index contributed by atoms with van der Waals surface area (Å²) in [6.07, 6.45) is -0.867. The number of esters is 2. The second-order valence-corrected chi connectivity index (χ2v) is 7.15. The van der Waals surface area contributed by atoms with Crippen molar-refractivity contribution in [3.8, 4) is 0 Å². The van der Waals surface area contributed by atoms with Crippen LogP contribution in [0.25, 0.3) is 0 Å². The molecule has 1 N–H and O–H groups in total. The van der Waals surface area contributed by atoms with Gasteiger partial charge < -0.3 is 9.47 Å². The molecule has 2 rings (SSSR count). The predicted molar refractivity (Wildman–Crippen MR) is 81.7 cm³/mol. The molecule has 0 saturated carbocycles. The number of halogens is 2. The summed E-state index contributed by atoms with van der Waals surface area (Å²) in [5, 5.41) is -0.0532. The van der Waals surface area contributed by atoms with E-state index in [0.717, 1.165) is 0 Å². The highest BCUT2D eigenvalue weighted by atomic mass is 35.5. The number of carbonyl (C=O) groups is 2. The molecule has 126 valence electrons. The maximum absolute atomic E-state index is 12.1. The van der Waals surface area contributed by atoms with Crippen LogP contribution in [0.1, 0.15) is 12.8 Å². The van der Waals surface area contributed by atoms with E-state index in [1.165, 1.54) is 18.2 Å². The van der Waals surface area contributed by atoms with Crippen molar-refractivity contribution in [2.75, 3.05) is 13.2 Å². The SMILES string of the molecule is O=C(CCNS(=O)(=O)c1c(Cl)cccc1Cl)O[C@@H]1CCOC1=O. The molecule has 1 heterocycles. The van der Waals surface area contributed by atoms with Crippen LogP contribution in [0.5, 0.6) is 0 Å². The molecule has 10 heteroatoms. The third-order valence-corrected chi connectivity index (χ3v) is 5.39. The zero-order valence-electron chi connectivity index (χ0n) is 11.8. The van der Waals surface area contributed by atoms with Gasteiger partial charge in [0.15, 0.2) is 0 Å². The standard InChI is InChI=1S/C13H13Cl2NO6S/c14-8-2-1-3-9(15)12(8)23(19,20)16-6-4-11(17)22-10-5-7-21-13(10)18/h1-3,10,16H,4-7H2/t10-/m1/s1. The molecule has 0 aliphatic carbocycles. The number of sulfonamides is 1. The maximum Gasteiger partial charge on any atom is 0.347 e. The van der Waals surface area contributed by atoms with Crippen molar-refractivity contribution in [1.82, 2.24) is 4.72 Å². The highest BCUT2D eigenvalue weighted by Gasteiger charge is 2.30. The van der Waals surface area contributed by atoms with Crippen LogP contribution in [0.2, 0.25) is 10.0 Å². The largest absolute Gasteiger partial charge is 0.463 e. The van der Waals surface area contributed by atoms with Crippen LogP contribution in [-0.4, -0.2) is 39.6 Å². The Morgan fingerprint density at radius 1 is 1.35 bits per heavy atom. The molecule has 1 aliphatic heterocycles. The summed E-state index contributed by atoms with van der Waals surface area (Å²) in [6.45, 7) is -0.0150. The molecule has 1 fully saturated rings. The molecule has 1 atom stereocenters. The van der Waals surface area contributed by atoms with Crippen LogP contribution >= 0.6 is 23.2 Å². The molecular formula is C13H13Cl2NO6S. The second-order valence-electron chi connectivity index (χ2n) is 4.63. The summed E-state index contributed by atoms with van der Waals surface area (Å²) < 4.78 is 36.0. The molecule has 0 amide bonds. The molecule has 0 unspecified atom stereocenters. The number of rotatable bonds is 6. The van der Waals surface area contributed by atoms with E-state index in [4.69, 9.17) is 27.9 Å². The molecule has 0 spiro atoms. The molecule has 1 saturated heterocycles. The Morgan fingerprint density at radius 2 is 2.00 bits per heavy atom. The number of carbonyl (C=O) groups excluding carboxylic acids is 2. The monoisotopic (exact) mass is 381 g/mol. The van der Waals surface area contributed by atoms with Gasteiger partial charge in [-0.05, 0) is 12.1 Å². The number of cyclic esters (lactones) is 1. The van der Waals surface area contributed by atoms with Crippen LogP contribution in [0.15, 0.2) is 23.1 Å². The number of hydrogen-bond donors (Lipinski definition) is 1. The number of benzene rings is 1. The molecule has 7 nitrogen and oxygen atoms in total. The molecule has 0 radical (unpaired) electrons. The van der Waals surface area contributed by atoms with E-state index in [0.29, 0.717) is 6.42 Å². The van der Waals surface area contributed by atoms with Gasteiger partial charge in [0.2, 0.25) is 16.1 Å². The highest BCUT2D eigenvalue weighted by Crippen LogP contribution is 2.28. The lowest BCUT2D eigenvalue weighted by Gasteiger charge is -2.11. The average Bonchev–Trinajstić information content (AvgIpc) is 2.83. The first kappa shape index (κ1) is 18.0. The fourth-order valence-electron chi connectivity index (χ4n) is 1.90. The van der Waals surface area contributed by atoms with Gasteiger partial charge in [0, 0.05) is 13.0 Å². The summed E-state index contributed by atoms with van der Waals surface area (Å²) >= 11 is 11.7. The summed E-state index contributed by atoms with van der Waals surface area (Å²) in [5.41, 5.74) is 0. The minimum atomic E-state index is -3.97. The van der Waals surface area contributed by atoms with Gasteiger partial charge in [-0.3, -0.25) is 4.79 Å². The molecule has 1 aromatic rings. The van der Waals surface area contributed by atoms with Crippen molar-refractivity contribution >= 4 is 45.2 Å². The summed E-state index contributed by atoms with van der Waals surface area (Å²) in [5.74, 6) is -1.30. The Bertz CT molecular complexity index is 701. The zero-order chi connectivity index (χ0) is 17.0. The molecule has 1 aromatic carbocycles. The average molecular weight is 382 g/mol. The van der Waals surface area contributed by atoms with Gasteiger partial charge >= 0.3 is 11.9 Å². The van der Waals surface area contributed by atoms with Gasteiger partial charge in [-0.25, -0.2) is 17.9 Å². The normalized spacial score (nSPS) is 17.8. The lowest BCUT2D eigenvalue weighted by Crippen LogP contribution is -2.29. The van der Waals surface area contributed by atoms with Crippen molar-refractivity contribution in [3.63, 3.8) is 0 Å². The Kier molecular flexibility index (Phi) is 5.85. The smallest absolute Gasteiger partial charge is 0.347 e. The number of hydrogen-bond acceptors (Lipinski definition) is 6. The number of ether oxygens (including phenoxy) is 2. The minimum Gasteiger partial charge on any atom is -0.463 e. The summed E-state index contributed by atoms with van der Waals surface area (Å²) in [4.78, 5) is 22.5. The van der Waals surface area contributed by atoms with Crippen LogP contribution in [0.3, 0.4) is 0 Å². The quantitative estimate of drug-likeness (QED) is 0.749.